The molecular weight excluding hydrogens is 658 g/mol. The van der Waals surface area contributed by atoms with E-state index in [4.69, 9.17) is 0 Å². The van der Waals surface area contributed by atoms with Gasteiger partial charge in [-0.3, -0.25) is 13.9 Å². The molecule has 1 aliphatic carbocycles. The second-order valence-electron chi connectivity index (χ2n) is 10.1. The number of carbonyl (C=O) groups excluding carboxylic acids is 2. The molecule has 0 unspecified atom stereocenters. The number of hydrogen-bond acceptors (Lipinski definition) is 4. The van der Waals surface area contributed by atoms with Crippen molar-refractivity contribution in [3.8, 4) is 0 Å². The molecule has 3 aromatic carbocycles. The Morgan fingerprint density at radius 3 is 2.02 bits per heavy atom. The summed E-state index contributed by atoms with van der Waals surface area (Å²) in [4.78, 5) is 29.5. The lowest BCUT2D eigenvalue weighted by Crippen LogP contribution is -2.54. The molecule has 3 aromatic rings. The van der Waals surface area contributed by atoms with Gasteiger partial charge in [0.1, 0.15) is 12.6 Å². The van der Waals surface area contributed by atoms with Gasteiger partial charge in [0, 0.05) is 28.0 Å². The topological polar surface area (TPSA) is 86.8 Å². The van der Waals surface area contributed by atoms with Crippen molar-refractivity contribution in [1.82, 2.24) is 10.2 Å². The van der Waals surface area contributed by atoms with Gasteiger partial charge >= 0.3 is 0 Å². The average molecular weight is 691 g/mol. The minimum atomic E-state index is -3.80. The quantitative estimate of drug-likeness (QED) is 0.281. The molecule has 212 valence electrons. The van der Waals surface area contributed by atoms with E-state index in [0.29, 0.717) is 12.1 Å². The summed E-state index contributed by atoms with van der Waals surface area (Å²) in [6.45, 7) is -0.279. The number of sulfonamides is 1. The van der Waals surface area contributed by atoms with Crippen molar-refractivity contribution in [2.45, 2.75) is 50.7 Å². The number of benzene rings is 3. The van der Waals surface area contributed by atoms with Crippen LogP contribution in [0.1, 0.15) is 36.8 Å². The smallest absolute Gasteiger partial charge is 0.244 e. The molecule has 40 heavy (non-hydrogen) atoms. The molecule has 1 fully saturated rings. The highest BCUT2D eigenvalue weighted by atomic mass is 79.9. The van der Waals surface area contributed by atoms with E-state index in [1.165, 1.54) is 4.90 Å². The van der Waals surface area contributed by atoms with Crippen LogP contribution >= 0.6 is 31.9 Å². The maximum absolute atomic E-state index is 14.1. The number of hydrogen-bond donors (Lipinski definition) is 1. The third-order valence-corrected chi connectivity index (χ3v) is 9.23. The lowest BCUT2D eigenvalue weighted by atomic mass is 10.0. The second kappa shape index (κ2) is 13.8. The summed E-state index contributed by atoms with van der Waals surface area (Å²) in [6.07, 6.45) is 5.33. The van der Waals surface area contributed by atoms with Gasteiger partial charge in [-0.1, -0.05) is 87.2 Å². The van der Waals surface area contributed by atoms with Crippen LogP contribution in [0.25, 0.3) is 0 Å². The zero-order chi connectivity index (χ0) is 28.7. The summed E-state index contributed by atoms with van der Waals surface area (Å²) in [5, 5.41) is 3.17. The molecule has 0 bridgehead atoms. The van der Waals surface area contributed by atoms with Gasteiger partial charge in [-0.05, 0) is 60.4 Å². The van der Waals surface area contributed by atoms with E-state index in [-0.39, 0.29) is 18.5 Å². The maximum atomic E-state index is 14.1. The lowest BCUT2D eigenvalue weighted by molar-refractivity contribution is -0.140. The van der Waals surface area contributed by atoms with Crippen molar-refractivity contribution in [2.24, 2.45) is 0 Å². The molecule has 1 N–H and O–H groups in total. The highest BCUT2D eigenvalue weighted by Gasteiger charge is 2.34. The number of nitrogens with one attached hydrogen (secondary N) is 1. The van der Waals surface area contributed by atoms with Crippen molar-refractivity contribution < 1.29 is 18.0 Å². The van der Waals surface area contributed by atoms with Crippen LogP contribution in [0.3, 0.4) is 0 Å². The highest BCUT2D eigenvalue weighted by Crippen LogP contribution is 2.24. The minimum Gasteiger partial charge on any atom is -0.352 e. The molecule has 1 saturated carbocycles. The van der Waals surface area contributed by atoms with E-state index >= 15 is 0 Å². The number of halogens is 2. The van der Waals surface area contributed by atoms with Gasteiger partial charge in [0.25, 0.3) is 0 Å². The van der Waals surface area contributed by atoms with Crippen LogP contribution in [0.5, 0.6) is 0 Å². The fraction of sp³-hybridized carbons (Fsp3) is 0.333. The first-order chi connectivity index (χ1) is 19.1. The van der Waals surface area contributed by atoms with Crippen LogP contribution in [-0.2, 0) is 32.6 Å². The number of rotatable bonds is 11. The van der Waals surface area contributed by atoms with Crippen LogP contribution < -0.4 is 9.62 Å². The van der Waals surface area contributed by atoms with E-state index in [9.17, 15) is 18.0 Å². The zero-order valence-corrected chi connectivity index (χ0v) is 26.3. The highest BCUT2D eigenvalue weighted by molar-refractivity contribution is 9.10. The molecule has 0 saturated heterocycles. The van der Waals surface area contributed by atoms with Gasteiger partial charge in [-0.15, -0.1) is 0 Å². The van der Waals surface area contributed by atoms with E-state index in [1.54, 1.807) is 24.3 Å². The average Bonchev–Trinajstić information content (AvgIpc) is 3.44. The Morgan fingerprint density at radius 1 is 0.875 bits per heavy atom. The van der Waals surface area contributed by atoms with Crippen LogP contribution in [0, 0.1) is 0 Å². The normalized spacial score (nSPS) is 14.5. The molecule has 1 atom stereocenters. The molecule has 0 heterocycles. The molecule has 0 radical (unpaired) electrons. The Balaban J connectivity index is 1.71. The first kappa shape index (κ1) is 30.3. The Morgan fingerprint density at radius 2 is 1.45 bits per heavy atom. The van der Waals surface area contributed by atoms with Crippen LogP contribution in [-0.4, -0.2) is 50.0 Å². The largest absolute Gasteiger partial charge is 0.352 e. The summed E-state index contributed by atoms with van der Waals surface area (Å²) < 4.78 is 28.5. The molecule has 2 amide bonds. The standard InChI is InChI=1S/C30H33Br2N3O4S/c1-40(38,39)35(27-17-15-25(32)16-18-27)21-29(36)34(20-23-11-13-24(31)14-12-23)28(19-22-7-3-2-4-8-22)30(37)33-26-9-5-6-10-26/h2-4,7-8,11-18,26,28H,5-6,9-10,19-21H2,1H3,(H,33,37)/t28-/m1/s1. The van der Waals surface area contributed by atoms with Gasteiger partial charge in [0.15, 0.2) is 0 Å². The Kier molecular flexibility index (Phi) is 10.4. The van der Waals surface area contributed by atoms with Crippen molar-refractivity contribution in [3.05, 3.63) is 98.9 Å². The van der Waals surface area contributed by atoms with Crippen LogP contribution in [0.15, 0.2) is 87.8 Å². The van der Waals surface area contributed by atoms with Crippen molar-refractivity contribution in [1.29, 1.82) is 0 Å². The maximum Gasteiger partial charge on any atom is 0.244 e. The Bertz CT molecular complexity index is 1400. The van der Waals surface area contributed by atoms with Gasteiger partial charge in [-0.25, -0.2) is 8.42 Å². The Labute approximate surface area is 253 Å². The third kappa shape index (κ3) is 8.41. The van der Waals surface area contributed by atoms with E-state index in [2.05, 4.69) is 37.2 Å². The molecule has 1 aliphatic rings. The number of carbonyl (C=O) groups is 2. The molecule has 0 aliphatic heterocycles. The first-order valence-electron chi connectivity index (χ1n) is 13.2. The van der Waals surface area contributed by atoms with Gasteiger partial charge < -0.3 is 10.2 Å². The molecule has 0 aromatic heterocycles. The van der Waals surface area contributed by atoms with E-state index < -0.39 is 28.5 Å². The van der Waals surface area contributed by atoms with E-state index in [0.717, 1.165) is 56.3 Å². The molecule has 4 rings (SSSR count). The van der Waals surface area contributed by atoms with Crippen molar-refractivity contribution >= 4 is 59.4 Å². The molecule has 7 nitrogen and oxygen atoms in total. The SMILES string of the molecule is CS(=O)(=O)N(CC(=O)N(Cc1ccc(Br)cc1)[C@H](Cc1ccccc1)C(=O)NC1CCCC1)c1ccc(Br)cc1. The molecule has 10 heteroatoms. The summed E-state index contributed by atoms with van der Waals surface area (Å²) in [6, 6.07) is 23.1. The van der Waals surface area contributed by atoms with Crippen LogP contribution in [0.4, 0.5) is 5.69 Å². The first-order valence-corrected chi connectivity index (χ1v) is 16.6. The number of amides is 2. The summed E-state index contributed by atoms with van der Waals surface area (Å²) in [5.41, 5.74) is 2.12. The third-order valence-electron chi connectivity index (χ3n) is 7.03. The fourth-order valence-corrected chi connectivity index (χ4v) is 6.31. The summed E-state index contributed by atoms with van der Waals surface area (Å²) in [5.74, 6) is -0.686. The fourth-order valence-electron chi connectivity index (χ4n) is 4.93. The zero-order valence-electron chi connectivity index (χ0n) is 22.3. The number of nitrogens with zero attached hydrogens (tertiary/aromatic N) is 2. The van der Waals surface area contributed by atoms with Gasteiger partial charge in [0.05, 0.1) is 11.9 Å². The molecule has 0 spiro atoms. The van der Waals surface area contributed by atoms with E-state index in [1.807, 2.05) is 54.6 Å². The van der Waals surface area contributed by atoms with Crippen molar-refractivity contribution in [2.75, 3.05) is 17.1 Å². The van der Waals surface area contributed by atoms with Gasteiger partial charge in [0.2, 0.25) is 21.8 Å². The van der Waals surface area contributed by atoms with Gasteiger partial charge in [-0.2, -0.15) is 0 Å². The Hall–Kier alpha value is -2.69. The lowest BCUT2D eigenvalue weighted by Gasteiger charge is -2.34. The number of anilines is 1. The summed E-state index contributed by atoms with van der Waals surface area (Å²) >= 11 is 6.82. The predicted octanol–water partition coefficient (Wildman–Crippen LogP) is 5.68. The monoisotopic (exact) mass is 689 g/mol. The minimum absolute atomic E-state index is 0.0747. The van der Waals surface area contributed by atoms with Crippen molar-refractivity contribution in [3.63, 3.8) is 0 Å². The second-order valence-corrected chi connectivity index (χ2v) is 13.8. The predicted molar refractivity (Wildman–Crippen MR) is 165 cm³/mol. The molecular formula is C30H33Br2N3O4S. The summed E-state index contributed by atoms with van der Waals surface area (Å²) in [7, 11) is -3.80. The van der Waals surface area contributed by atoms with Crippen LogP contribution in [0.2, 0.25) is 0 Å².